The summed E-state index contributed by atoms with van der Waals surface area (Å²) < 4.78 is 5.81. The molecule has 0 aliphatic carbocycles. The van der Waals surface area contributed by atoms with Crippen molar-refractivity contribution in [2.75, 3.05) is 13.6 Å². The van der Waals surface area contributed by atoms with Crippen molar-refractivity contribution in [1.29, 1.82) is 0 Å². The third-order valence-electron chi connectivity index (χ3n) is 3.70. The highest BCUT2D eigenvalue weighted by molar-refractivity contribution is 7.09. The van der Waals surface area contributed by atoms with Crippen LogP contribution in [-0.4, -0.2) is 24.5 Å². The maximum absolute atomic E-state index is 6.31. The van der Waals surface area contributed by atoms with E-state index < -0.39 is 0 Å². The molecule has 0 saturated carbocycles. The van der Waals surface area contributed by atoms with Crippen LogP contribution in [0.5, 0.6) is 0 Å². The summed E-state index contributed by atoms with van der Waals surface area (Å²) >= 11 is 1.81. The summed E-state index contributed by atoms with van der Waals surface area (Å²) in [4.78, 5) is 3.72. The zero-order chi connectivity index (χ0) is 14.5. The summed E-state index contributed by atoms with van der Waals surface area (Å²) in [7, 11) is 2.13. The number of furan rings is 1. The molecule has 2 N–H and O–H groups in total. The van der Waals surface area contributed by atoms with Crippen molar-refractivity contribution in [3.8, 4) is 0 Å². The van der Waals surface area contributed by atoms with E-state index in [9.17, 15) is 0 Å². The summed E-state index contributed by atoms with van der Waals surface area (Å²) in [6.07, 6.45) is 1.99. The fourth-order valence-electron chi connectivity index (χ4n) is 2.47. The van der Waals surface area contributed by atoms with Gasteiger partial charge in [-0.2, -0.15) is 0 Å². The molecule has 0 aromatic carbocycles. The molecule has 0 bridgehead atoms. The molecule has 2 heterocycles. The molecule has 2 unspecified atom stereocenters. The summed E-state index contributed by atoms with van der Waals surface area (Å²) in [5.74, 6) is 1.92. The molecular formula is C16H24N2OS. The molecule has 0 amide bonds. The molecule has 0 aliphatic rings. The Balaban J connectivity index is 2.05. The van der Waals surface area contributed by atoms with E-state index in [1.807, 2.05) is 24.3 Å². The first-order valence-electron chi connectivity index (χ1n) is 7.16. The van der Waals surface area contributed by atoms with Gasteiger partial charge in [0, 0.05) is 17.5 Å². The summed E-state index contributed by atoms with van der Waals surface area (Å²) in [6, 6.07) is 8.59. The number of thiophene rings is 1. The average Bonchev–Trinajstić information content (AvgIpc) is 3.08. The molecule has 2 rings (SSSR count). The van der Waals surface area contributed by atoms with Gasteiger partial charge in [0.25, 0.3) is 0 Å². The second-order valence-corrected chi connectivity index (χ2v) is 6.31. The van der Waals surface area contributed by atoms with Crippen molar-refractivity contribution in [3.05, 3.63) is 46.0 Å². The van der Waals surface area contributed by atoms with Crippen molar-refractivity contribution in [2.24, 2.45) is 5.73 Å². The molecule has 3 nitrogen and oxygen atoms in total. The van der Waals surface area contributed by atoms with Gasteiger partial charge in [-0.15, -0.1) is 11.3 Å². The van der Waals surface area contributed by atoms with E-state index >= 15 is 0 Å². The molecule has 20 heavy (non-hydrogen) atoms. The molecule has 0 fully saturated rings. The molecule has 0 aliphatic heterocycles. The van der Waals surface area contributed by atoms with Crippen LogP contribution in [0.2, 0.25) is 0 Å². The molecule has 2 aromatic heterocycles. The zero-order valence-corrected chi connectivity index (χ0v) is 13.3. The van der Waals surface area contributed by atoms with E-state index in [1.54, 1.807) is 0 Å². The van der Waals surface area contributed by atoms with Gasteiger partial charge in [-0.1, -0.05) is 13.0 Å². The van der Waals surface area contributed by atoms with Crippen LogP contribution in [0.4, 0.5) is 0 Å². The van der Waals surface area contributed by atoms with Gasteiger partial charge in [-0.3, -0.25) is 4.90 Å². The van der Waals surface area contributed by atoms with Crippen LogP contribution >= 0.6 is 11.3 Å². The van der Waals surface area contributed by atoms with E-state index in [1.165, 1.54) is 4.88 Å². The van der Waals surface area contributed by atoms with Gasteiger partial charge in [0.2, 0.25) is 0 Å². The van der Waals surface area contributed by atoms with Crippen LogP contribution in [0.1, 0.15) is 35.8 Å². The van der Waals surface area contributed by atoms with Gasteiger partial charge >= 0.3 is 0 Å². The van der Waals surface area contributed by atoms with Crippen molar-refractivity contribution in [2.45, 2.75) is 38.8 Å². The first kappa shape index (κ1) is 15.3. The Morgan fingerprint density at radius 2 is 2.15 bits per heavy atom. The molecule has 0 radical (unpaired) electrons. The monoisotopic (exact) mass is 292 g/mol. The van der Waals surface area contributed by atoms with Gasteiger partial charge in [-0.05, 0) is 50.4 Å². The predicted octanol–water partition coefficient (Wildman–Crippen LogP) is 3.60. The Kier molecular flexibility index (Phi) is 5.40. The molecule has 2 atom stereocenters. The van der Waals surface area contributed by atoms with Gasteiger partial charge in [0.1, 0.15) is 11.5 Å². The van der Waals surface area contributed by atoms with Crippen LogP contribution in [-0.2, 0) is 6.42 Å². The Morgan fingerprint density at radius 1 is 1.35 bits per heavy atom. The first-order chi connectivity index (χ1) is 9.61. The highest BCUT2D eigenvalue weighted by atomic mass is 32.1. The predicted molar refractivity (Wildman–Crippen MR) is 85.1 cm³/mol. The number of rotatable bonds is 7. The lowest BCUT2D eigenvalue weighted by atomic mass is 10.0. The summed E-state index contributed by atoms with van der Waals surface area (Å²) in [6.45, 7) is 5.09. The van der Waals surface area contributed by atoms with Gasteiger partial charge < -0.3 is 10.2 Å². The number of hydrogen-bond donors (Lipinski definition) is 1. The second-order valence-electron chi connectivity index (χ2n) is 5.28. The fourth-order valence-corrected chi connectivity index (χ4v) is 3.17. The number of nitrogens with two attached hydrogens (primary N) is 1. The number of hydrogen-bond acceptors (Lipinski definition) is 4. The third kappa shape index (κ3) is 3.72. The number of aryl methyl sites for hydroxylation is 1. The minimum absolute atomic E-state index is 0.0916. The summed E-state index contributed by atoms with van der Waals surface area (Å²) in [5, 5.41) is 2.13. The normalized spacial score (nSPS) is 14.7. The standard InChI is InChI=1S/C16H24N2OS/c1-4-14(17)16(15-8-7-12(2)19-15)18(3)10-9-13-6-5-11-20-13/h5-8,11,14,16H,4,9-10,17H2,1-3H3. The van der Waals surface area contributed by atoms with Gasteiger partial charge in [0.05, 0.1) is 6.04 Å². The largest absolute Gasteiger partial charge is 0.465 e. The van der Waals surface area contributed by atoms with Crippen molar-refractivity contribution in [3.63, 3.8) is 0 Å². The molecule has 4 heteroatoms. The first-order valence-corrected chi connectivity index (χ1v) is 8.04. The summed E-state index contributed by atoms with van der Waals surface area (Å²) in [5.41, 5.74) is 6.31. The topological polar surface area (TPSA) is 42.4 Å². The van der Waals surface area contributed by atoms with Gasteiger partial charge in [0.15, 0.2) is 0 Å². The zero-order valence-electron chi connectivity index (χ0n) is 12.5. The Labute approximate surface area is 125 Å². The Morgan fingerprint density at radius 3 is 2.70 bits per heavy atom. The van der Waals surface area contributed by atoms with Crippen molar-refractivity contribution in [1.82, 2.24) is 4.90 Å². The van der Waals surface area contributed by atoms with E-state index in [0.717, 1.165) is 30.9 Å². The highest BCUT2D eigenvalue weighted by Gasteiger charge is 2.25. The molecule has 0 spiro atoms. The third-order valence-corrected chi connectivity index (χ3v) is 4.63. The van der Waals surface area contributed by atoms with Crippen molar-refractivity contribution >= 4 is 11.3 Å². The van der Waals surface area contributed by atoms with E-state index in [-0.39, 0.29) is 12.1 Å². The number of likely N-dealkylation sites (N-methyl/N-ethyl adjacent to an activating group) is 1. The van der Waals surface area contributed by atoms with Crippen LogP contribution in [0.3, 0.4) is 0 Å². The van der Waals surface area contributed by atoms with E-state index in [2.05, 4.69) is 42.5 Å². The van der Waals surface area contributed by atoms with Crippen LogP contribution in [0.25, 0.3) is 0 Å². The van der Waals surface area contributed by atoms with E-state index in [0.29, 0.717) is 0 Å². The van der Waals surface area contributed by atoms with Crippen LogP contribution in [0.15, 0.2) is 34.1 Å². The molecule has 2 aromatic rings. The number of nitrogens with zero attached hydrogens (tertiary/aromatic N) is 1. The lowest BCUT2D eigenvalue weighted by molar-refractivity contribution is 0.184. The highest BCUT2D eigenvalue weighted by Crippen LogP contribution is 2.26. The quantitative estimate of drug-likeness (QED) is 0.848. The molecule has 110 valence electrons. The van der Waals surface area contributed by atoms with E-state index in [4.69, 9.17) is 10.2 Å². The van der Waals surface area contributed by atoms with Crippen LogP contribution in [0, 0.1) is 6.92 Å². The fraction of sp³-hybridized carbons (Fsp3) is 0.500. The SMILES string of the molecule is CCC(N)C(c1ccc(C)o1)N(C)CCc1cccs1. The van der Waals surface area contributed by atoms with Crippen LogP contribution < -0.4 is 5.73 Å². The second kappa shape index (κ2) is 7.07. The molecular weight excluding hydrogens is 268 g/mol. The molecule has 0 saturated heterocycles. The lowest BCUT2D eigenvalue weighted by Crippen LogP contribution is -2.39. The minimum atomic E-state index is 0.0916. The maximum atomic E-state index is 6.31. The minimum Gasteiger partial charge on any atom is -0.465 e. The van der Waals surface area contributed by atoms with Gasteiger partial charge in [-0.25, -0.2) is 0 Å². The van der Waals surface area contributed by atoms with Crippen molar-refractivity contribution < 1.29 is 4.42 Å². The average molecular weight is 292 g/mol. The lowest BCUT2D eigenvalue weighted by Gasteiger charge is -2.30. The smallest absolute Gasteiger partial charge is 0.122 e. The Bertz CT molecular complexity index is 506. The Hall–Kier alpha value is -1.10. The maximum Gasteiger partial charge on any atom is 0.122 e.